The predicted molar refractivity (Wildman–Crippen MR) is 71.7 cm³/mol. The summed E-state index contributed by atoms with van der Waals surface area (Å²) in [6.07, 6.45) is 4.98. The van der Waals surface area contributed by atoms with Crippen LogP contribution in [0.2, 0.25) is 0 Å². The molecule has 4 heteroatoms. The van der Waals surface area contributed by atoms with Crippen molar-refractivity contribution in [2.75, 3.05) is 20.3 Å². The fourth-order valence-electron chi connectivity index (χ4n) is 1.91. The number of ether oxygens (including phenoxy) is 1. The van der Waals surface area contributed by atoms with Gasteiger partial charge in [0.05, 0.1) is 17.3 Å². The van der Waals surface area contributed by atoms with Crippen molar-refractivity contribution in [3.05, 3.63) is 15.6 Å². The third-order valence-corrected chi connectivity index (χ3v) is 4.10. The molecule has 1 aromatic rings. The van der Waals surface area contributed by atoms with Crippen LogP contribution in [0.4, 0.5) is 0 Å². The number of aromatic nitrogens is 1. The molecule has 0 spiro atoms. The smallest absolute Gasteiger partial charge is 0.0931 e. The number of hydrogen-bond donors (Lipinski definition) is 1. The highest BCUT2D eigenvalue weighted by Crippen LogP contribution is 2.42. The average Bonchev–Trinajstić information content (AvgIpc) is 3.09. The van der Waals surface area contributed by atoms with Gasteiger partial charge >= 0.3 is 0 Å². The molecule has 17 heavy (non-hydrogen) atoms. The van der Waals surface area contributed by atoms with Crippen LogP contribution in [0.15, 0.2) is 0 Å². The Hall–Kier alpha value is -0.450. The third kappa shape index (κ3) is 3.76. The third-order valence-electron chi connectivity index (χ3n) is 2.97. The lowest BCUT2D eigenvalue weighted by Gasteiger charge is -2.03. The van der Waals surface area contributed by atoms with Gasteiger partial charge in [-0.2, -0.15) is 0 Å². The summed E-state index contributed by atoms with van der Waals surface area (Å²) in [7, 11) is 1.74. The van der Waals surface area contributed by atoms with Crippen LogP contribution in [-0.2, 0) is 17.7 Å². The van der Waals surface area contributed by atoms with E-state index >= 15 is 0 Å². The lowest BCUT2D eigenvalue weighted by atomic mass is 10.2. The Labute approximate surface area is 108 Å². The molecular formula is C13H22N2OS. The Balaban J connectivity index is 1.93. The van der Waals surface area contributed by atoms with Gasteiger partial charge in [0.1, 0.15) is 0 Å². The van der Waals surface area contributed by atoms with E-state index in [1.807, 2.05) is 11.3 Å². The summed E-state index contributed by atoms with van der Waals surface area (Å²) in [5.74, 6) is 0.760. The van der Waals surface area contributed by atoms with E-state index in [0.717, 1.165) is 32.0 Å². The van der Waals surface area contributed by atoms with Crippen LogP contribution in [0.3, 0.4) is 0 Å². The number of nitrogens with zero attached hydrogens (tertiary/aromatic N) is 1. The average molecular weight is 254 g/mol. The van der Waals surface area contributed by atoms with Crippen molar-refractivity contribution in [1.29, 1.82) is 0 Å². The first-order chi connectivity index (χ1) is 8.35. The molecule has 0 aromatic carbocycles. The number of hydrogen-bond acceptors (Lipinski definition) is 4. The van der Waals surface area contributed by atoms with Crippen LogP contribution < -0.4 is 5.32 Å². The molecule has 0 unspecified atom stereocenters. The molecule has 1 heterocycles. The first-order valence-electron chi connectivity index (χ1n) is 6.53. The van der Waals surface area contributed by atoms with E-state index in [9.17, 15) is 0 Å². The Morgan fingerprint density at radius 2 is 2.29 bits per heavy atom. The van der Waals surface area contributed by atoms with Crippen molar-refractivity contribution in [2.45, 2.75) is 45.1 Å². The summed E-state index contributed by atoms with van der Waals surface area (Å²) >= 11 is 1.90. The largest absolute Gasteiger partial charge is 0.383 e. The standard InChI is InChI=1S/C13H22N2OS/c1-3-4-12-15-13(10-5-6-10)11(17-12)9-14-7-8-16-2/h10,14H,3-9H2,1-2H3. The highest BCUT2D eigenvalue weighted by molar-refractivity contribution is 7.11. The van der Waals surface area contributed by atoms with Crippen LogP contribution in [0.1, 0.15) is 47.7 Å². The minimum atomic E-state index is 0.760. The molecule has 1 saturated carbocycles. The number of methoxy groups -OCH3 is 1. The fourth-order valence-corrected chi connectivity index (χ4v) is 3.14. The van der Waals surface area contributed by atoms with Crippen LogP contribution in [0.5, 0.6) is 0 Å². The van der Waals surface area contributed by atoms with Crippen molar-refractivity contribution in [1.82, 2.24) is 10.3 Å². The van der Waals surface area contributed by atoms with E-state index in [1.54, 1.807) is 7.11 Å². The summed E-state index contributed by atoms with van der Waals surface area (Å²) in [5, 5.41) is 4.74. The molecule has 1 aliphatic rings. The minimum absolute atomic E-state index is 0.760. The van der Waals surface area contributed by atoms with Crippen molar-refractivity contribution in [3.8, 4) is 0 Å². The van der Waals surface area contributed by atoms with Gasteiger partial charge in [0, 0.05) is 31.0 Å². The second-order valence-electron chi connectivity index (χ2n) is 4.61. The van der Waals surface area contributed by atoms with Gasteiger partial charge in [-0.25, -0.2) is 4.98 Å². The predicted octanol–water partition coefficient (Wildman–Crippen LogP) is 2.71. The molecule has 1 aliphatic carbocycles. The summed E-state index contributed by atoms with van der Waals surface area (Å²) in [4.78, 5) is 6.26. The van der Waals surface area contributed by atoms with Gasteiger partial charge in [-0.05, 0) is 25.7 Å². The van der Waals surface area contributed by atoms with E-state index in [-0.39, 0.29) is 0 Å². The maximum atomic E-state index is 5.04. The zero-order valence-corrected chi connectivity index (χ0v) is 11.6. The summed E-state index contributed by atoms with van der Waals surface area (Å²) in [6.45, 7) is 4.87. The molecule has 3 nitrogen and oxygen atoms in total. The van der Waals surface area contributed by atoms with Gasteiger partial charge in [-0.1, -0.05) is 6.92 Å². The van der Waals surface area contributed by atoms with Crippen molar-refractivity contribution >= 4 is 11.3 Å². The quantitative estimate of drug-likeness (QED) is 0.724. The van der Waals surface area contributed by atoms with Crippen LogP contribution in [-0.4, -0.2) is 25.2 Å². The van der Waals surface area contributed by atoms with E-state index in [1.165, 1.54) is 34.8 Å². The molecule has 1 fully saturated rings. The van der Waals surface area contributed by atoms with Crippen LogP contribution in [0.25, 0.3) is 0 Å². The summed E-state index contributed by atoms with van der Waals surface area (Å²) in [5.41, 5.74) is 1.38. The Morgan fingerprint density at radius 1 is 1.47 bits per heavy atom. The van der Waals surface area contributed by atoms with E-state index in [4.69, 9.17) is 9.72 Å². The second kappa shape index (κ2) is 6.47. The fraction of sp³-hybridized carbons (Fsp3) is 0.769. The lowest BCUT2D eigenvalue weighted by Crippen LogP contribution is -2.18. The molecule has 2 rings (SSSR count). The Morgan fingerprint density at radius 3 is 2.94 bits per heavy atom. The molecular weight excluding hydrogens is 232 g/mol. The minimum Gasteiger partial charge on any atom is -0.383 e. The number of nitrogens with one attached hydrogen (secondary N) is 1. The van der Waals surface area contributed by atoms with E-state index < -0.39 is 0 Å². The highest BCUT2D eigenvalue weighted by atomic mass is 32.1. The molecule has 96 valence electrons. The Bertz CT molecular complexity index is 347. The SMILES string of the molecule is CCCc1nc(C2CC2)c(CNCCOC)s1. The first-order valence-corrected chi connectivity index (χ1v) is 7.35. The van der Waals surface area contributed by atoms with Gasteiger partial charge < -0.3 is 10.1 Å². The van der Waals surface area contributed by atoms with Gasteiger partial charge in [-0.15, -0.1) is 11.3 Å². The zero-order chi connectivity index (χ0) is 12.1. The van der Waals surface area contributed by atoms with Crippen molar-refractivity contribution in [2.24, 2.45) is 0 Å². The topological polar surface area (TPSA) is 34.2 Å². The molecule has 0 saturated heterocycles. The van der Waals surface area contributed by atoms with Crippen LogP contribution >= 0.6 is 11.3 Å². The van der Waals surface area contributed by atoms with E-state index in [2.05, 4.69) is 12.2 Å². The lowest BCUT2D eigenvalue weighted by molar-refractivity contribution is 0.199. The summed E-state index contributed by atoms with van der Waals surface area (Å²) in [6, 6.07) is 0. The van der Waals surface area contributed by atoms with Crippen LogP contribution in [0, 0.1) is 0 Å². The molecule has 1 N–H and O–H groups in total. The van der Waals surface area contributed by atoms with Gasteiger partial charge in [-0.3, -0.25) is 0 Å². The molecule has 0 radical (unpaired) electrons. The van der Waals surface area contributed by atoms with E-state index in [0.29, 0.717) is 0 Å². The maximum Gasteiger partial charge on any atom is 0.0931 e. The molecule has 1 aromatic heterocycles. The highest BCUT2D eigenvalue weighted by Gasteiger charge is 2.29. The maximum absolute atomic E-state index is 5.04. The van der Waals surface area contributed by atoms with Gasteiger partial charge in [0.25, 0.3) is 0 Å². The second-order valence-corrected chi connectivity index (χ2v) is 5.78. The summed E-state index contributed by atoms with van der Waals surface area (Å²) < 4.78 is 5.04. The Kier molecular flexibility index (Phi) is 4.95. The van der Waals surface area contributed by atoms with Gasteiger partial charge in [0.15, 0.2) is 0 Å². The molecule has 0 amide bonds. The van der Waals surface area contributed by atoms with Gasteiger partial charge in [0.2, 0.25) is 0 Å². The zero-order valence-electron chi connectivity index (χ0n) is 10.8. The number of thiazole rings is 1. The monoisotopic (exact) mass is 254 g/mol. The number of aryl methyl sites for hydroxylation is 1. The number of rotatable bonds is 8. The molecule has 0 bridgehead atoms. The normalized spacial score (nSPS) is 15.4. The molecule has 0 atom stereocenters. The van der Waals surface area contributed by atoms with Crippen molar-refractivity contribution in [3.63, 3.8) is 0 Å². The molecule has 0 aliphatic heterocycles. The first kappa shape index (κ1) is 13.0. The van der Waals surface area contributed by atoms with Crippen molar-refractivity contribution < 1.29 is 4.74 Å².